The molecule has 0 radical (unpaired) electrons. The molecule has 3 rings (SSSR count). The molecular weight excluding hydrogens is 488 g/mol. The van der Waals surface area contributed by atoms with Gasteiger partial charge in [0.25, 0.3) is 0 Å². The maximum atomic E-state index is 13.2. The highest BCUT2D eigenvalue weighted by Crippen LogP contribution is 2.14. The fourth-order valence-corrected chi connectivity index (χ4v) is 3.97. The van der Waals surface area contributed by atoms with Crippen LogP contribution < -0.4 is 10.6 Å². The van der Waals surface area contributed by atoms with Crippen LogP contribution in [0.1, 0.15) is 36.8 Å². The number of nitrogens with one attached hydrogen (secondary N) is 2. The Kier molecular flexibility index (Phi) is 11.5. The van der Waals surface area contributed by atoms with E-state index in [2.05, 4.69) is 10.6 Å². The smallest absolute Gasteiger partial charge is 0.332 e. The Morgan fingerprint density at radius 1 is 1.03 bits per heavy atom. The van der Waals surface area contributed by atoms with E-state index < -0.39 is 41.8 Å². The number of carbonyl (C=O) groups excluding carboxylic acids is 4. The molecule has 9 heteroatoms. The lowest BCUT2D eigenvalue weighted by atomic mass is 9.98. The Hall–Kier alpha value is -3.98. The molecule has 0 fully saturated rings. The summed E-state index contributed by atoms with van der Waals surface area (Å²) >= 11 is 0. The number of hydrogen-bond acceptors (Lipinski definition) is 7. The van der Waals surface area contributed by atoms with Gasteiger partial charge in [-0.2, -0.15) is 0 Å². The molecule has 0 aromatic heterocycles. The van der Waals surface area contributed by atoms with Gasteiger partial charge in [0.05, 0.1) is 18.6 Å². The molecule has 3 atom stereocenters. The molecule has 9 nitrogen and oxygen atoms in total. The van der Waals surface area contributed by atoms with Crippen LogP contribution in [0.5, 0.6) is 0 Å². The van der Waals surface area contributed by atoms with Gasteiger partial charge in [-0.1, -0.05) is 72.8 Å². The number of cyclic esters (lactones) is 1. The first-order valence-corrected chi connectivity index (χ1v) is 12.7. The summed E-state index contributed by atoms with van der Waals surface area (Å²) in [5, 5.41) is 15.1. The monoisotopic (exact) mass is 522 g/mol. The van der Waals surface area contributed by atoms with E-state index in [1.54, 1.807) is 24.3 Å². The maximum Gasteiger partial charge on any atom is 0.332 e. The molecular formula is C29H34N2O7. The van der Waals surface area contributed by atoms with Gasteiger partial charge in [-0.05, 0) is 30.4 Å². The topological polar surface area (TPSA) is 131 Å². The van der Waals surface area contributed by atoms with Gasteiger partial charge in [-0.25, -0.2) is 4.79 Å². The van der Waals surface area contributed by atoms with Crippen molar-refractivity contribution in [1.82, 2.24) is 10.6 Å². The Balaban J connectivity index is 1.65. The number of ether oxygens (including phenoxy) is 2. The van der Waals surface area contributed by atoms with Gasteiger partial charge in [0.2, 0.25) is 11.8 Å². The molecule has 0 saturated heterocycles. The summed E-state index contributed by atoms with van der Waals surface area (Å²) in [5.41, 5.74) is 1.73. The van der Waals surface area contributed by atoms with Crippen molar-refractivity contribution in [3.05, 3.63) is 83.9 Å². The Morgan fingerprint density at radius 2 is 1.71 bits per heavy atom. The molecule has 1 heterocycles. The van der Waals surface area contributed by atoms with E-state index in [4.69, 9.17) is 9.47 Å². The van der Waals surface area contributed by atoms with Crippen molar-refractivity contribution >= 4 is 23.8 Å². The van der Waals surface area contributed by atoms with Crippen LogP contribution in [0.15, 0.2) is 72.8 Å². The number of aliphatic hydroxyl groups excluding tert-OH is 1. The molecule has 0 unspecified atom stereocenters. The summed E-state index contributed by atoms with van der Waals surface area (Å²) < 4.78 is 10.5. The number of esters is 2. The number of benzene rings is 2. The third-order valence-electron chi connectivity index (χ3n) is 6.05. The van der Waals surface area contributed by atoms with Crippen molar-refractivity contribution < 1.29 is 33.8 Å². The predicted molar refractivity (Wildman–Crippen MR) is 139 cm³/mol. The molecule has 3 N–H and O–H groups in total. The van der Waals surface area contributed by atoms with E-state index in [-0.39, 0.29) is 39.1 Å². The van der Waals surface area contributed by atoms with Gasteiger partial charge in [0, 0.05) is 12.8 Å². The first-order valence-electron chi connectivity index (χ1n) is 12.7. The average molecular weight is 523 g/mol. The second-order valence-electron chi connectivity index (χ2n) is 9.12. The molecule has 1 aliphatic rings. The Labute approximate surface area is 222 Å². The molecule has 2 amide bonds. The van der Waals surface area contributed by atoms with Crippen LogP contribution in [0.4, 0.5) is 0 Å². The second kappa shape index (κ2) is 15.3. The van der Waals surface area contributed by atoms with E-state index in [1.807, 2.05) is 48.5 Å². The van der Waals surface area contributed by atoms with Gasteiger partial charge in [-0.3, -0.25) is 14.4 Å². The van der Waals surface area contributed by atoms with Gasteiger partial charge in [-0.15, -0.1) is 0 Å². The summed E-state index contributed by atoms with van der Waals surface area (Å²) in [6.45, 7) is -0.624. The predicted octanol–water partition coefficient (Wildman–Crippen LogP) is 2.22. The lowest BCUT2D eigenvalue weighted by Crippen LogP contribution is -2.48. The minimum absolute atomic E-state index is 0.00146. The first-order chi connectivity index (χ1) is 18.4. The zero-order chi connectivity index (χ0) is 27.2. The molecule has 0 saturated carbocycles. The highest BCUT2D eigenvalue weighted by molar-refractivity contribution is 5.89. The van der Waals surface area contributed by atoms with Crippen LogP contribution in [-0.4, -0.2) is 54.2 Å². The van der Waals surface area contributed by atoms with Crippen LogP contribution in [-0.2, 0) is 41.7 Å². The second-order valence-corrected chi connectivity index (χ2v) is 9.12. The number of amides is 2. The zero-order valence-electron chi connectivity index (χ0n) is 21.2. The number of aliphatic hydroxyl groups is 1. The first kappa shape index (κ1) is 28.6. The summed E-state index contributed by atoms with van der Waals surface area (Å²) in [6, 6.07) is 16.8. The van der Waals surface area contributed by atoms with Gasteiger partial charge in [0.15, 0.2) is 6.04 Å². The van der Waals surface area contributed by atoms with Gasteiger partial charge in [0.1, 0.15) is 13.2 Å². The van der Waals surface area contributed by atoms with Crippen LogP contribution in [0.25, 0.3) is 0 Å². The summed E-state index contributed by atoms with van der Waals surface area (Å²) in [7, 11) is 0. The molecule has 2 aromatic carbocycles. The lowest BCUT2D eigenvalue weighted by molar-refractivity contribution is -0.155. The summed E-state index contributed by atoms with van der Waals surface area (Å²) in [5.74, 6) is -2.94. The summed E-state index contributed by atoms with van der Waals surface area (Å²) in [4.78, 5) is 50.8. The molecule has 0 aliphatic carbocycles. The molecule has 1 aliphatic heterocycles. The Morgan fingerprint density at radius 3 is 2.39 bits per heavy atom. The molecule has 0 bridgehead atoms. The normalized spacial score (nSPS) is 19.2. The largest absolute Gasteiger partial charge is 0.463 e. The quantitative estimate of drug-likeness (QED) is 0.340. The molecule has 0 spiro atoms. The van der Waals surface area contributed by atoms with E-state index >= 15 is 0 Å². The number of allylic oxidation sites excluding steroid dienone is 2. The van der Waals surface area contributed by atoms with Crippen molar-refractivity contribution in [2.45, 2.75) is 50.8 Å². The Bertz CT molecular complexity index is 1090. The van der Waals surface area contributed by atoms with Crippen molar-refractivity contribution in [3.63, 3.8) is 0 Å². The standard InChI is InChI=1S/C29H34N2O7/c32-18-24(16-21-10-4-1-5-11-21)30-26(33)17-23-14-8-3-9-15-27(34)37-20-25(31-28(23)35)29(36)38-19-22-12-6-2-7-13-22/h1-8,10-13,23-25,32H,9,14-20H2,(H,30,33)(H,31,35)/t23-,24+,25-/m1/s1. The highest BCUT2D eigenvalue weighted by Gasteiger charge is 2.29. The molecule has 202 valence electrons. The van der Waals surface area contributed by atoms with E-state index in [0.29, 0.717) is 12.8 Å². The average Bonchev–Trinajstić information content (AvgIpc) is 2.93. The maximum absolute atomic E-state index is 13.2. The minimum Gasteiger partial charge on any atom is -0.463 e. The van der Waals surface area contributed by atoms with Crippen molar-refractivity contribution in [3.8, 4) is 0 Å². The third-order valence-corrected chi connectivity index (χ3v) is 6.05. The number of rotatable bonds is 9. The SMILES string of the molecule is O=C(C[C@H]1CC=CCCC(=O)OC[C@H](C(=O)OCc2ccccc2)NC1=O)N[C@H](CO)Cc1ccccc1. The zero-order valence-corrected chi connectivity index (χ0v) is 21.2. The molecule has 2 aromatic rings. The van der Waals surface area contributed by atoms with Crippen LogP contribution in [0.2, 0.25) is 0 Å². The third kappa shape index (κ3) is 9.82. The highest BCUT2D eigenvalue weighted by atomic mass is 16.6. The summed E-state index contributed by atoms with van der Waals surface area (Å²) in [6.07, 6.45) is 4.57. The van der Waals surface area contributed by atoms with Crippen LogP contribution >= 0.6 is 0 Å². The van der Waals surface area contributed by atoms with E-state index in [0.717, 1.165) is 11.1 Å². The number of carbonyl (C=O) groups is 4. The molecule has 38 heavy (non-hydrogen) atoms. The van der Waals surface area contributed by atoms with Gasteiger partial charge >= 0.3 is 11.9 Å². The lowest BCUT2D eigenvalue weighted by Gasteiger charge is -2.23. The minimum atomic E-state index is -1.22. The van der Waals surface area contributed by atoms with Crippen molar-refractivity contribution in [1.29, 1.82) is 0 Å². The van der Waals surface area contributed by atoms with E-state index in [1.165, 1.54) is 0 Å². The van der Waals surface area contributed by atoms with E-state index in [9.17, 15) is 24.3 Å². The van der Waals surface area contributed by atoms with Crippen LogP contribution in [0.3, 0.4) is 0 Å². The fourth-order valence-electron chi connectivity index (χ4n) is 3.97. The fraction of sp³-hybridized carbons (Fsp3) is 0.379. The van der Waals surface area contributed by atoms with Crippen molar-refractivity contribution in [2.75, 3.05) is 13.2 Å². The number of hydrogen-bond donors (Lipinski definition) is 3. The van der Waals surface area contributed by atoms with Crippen LogP contribution in [0, 0.1) is 5.92 Å². The van der Waals surface area contributed by atoms with Crippen molar-refractivity contribution in [2.24, 2.45) is 5.92 Å². The van der Waals surface area contributed by atoms with Gasteiger partial charge < -0.3 is 25.2 Å².